The highest BCUT2D eigenvalue weighted by Gasteiger charge is 2.35. The van der Waals surface area contributed by atoms with Gasteiger partial charge >= 0.3 is 0 Å². The zero-order valence-electron chi connectivity index (χ0n) is 17.5. The zero-order chi connectivity index (χ0) is 22.0. The molecule has 0 saturated heterocycles. The first-order valence-corrected chi connectivity index (χ1v) is 10.9. The van der Waals surface area contributed by atoms with E-state index in [0.29, 0.717) is 53.3 Å². The summed E-state index contributed by atoms with van der Waals surface area (Å²) in [5, 5.41) is 12.6. The van der Waals surface area contributed by atoms with E-state index in [1.165, 1.54) is 11.3 Å². The molecule has 2 aromatic carbocycles. The van der Waals surface area contributed by atoms with Crippen LogP contribution in [0.1, 0.15) is 31.8 Å². The molecule has 1 aliphatic carbocycles. The van der Waals surface area contributed by atoms with Gasteiger partial charge in [0.05, 0.1) is 33.7 Å². The summed E-state index contributed by atoms with van der Waals surface area (Å²) in [6.07, 6.45) is 0. The number of carbonyl (C=O) groups excluding carboxylic acids is 2. The number of rotatable bonds is 8. The van der Waals surface area contributed by atoms with Crippen LogP contribution in [-0.4, -0.2) is 50.8 Å². The molecule has 4 rings (SSSR count). The number of hydrogen-bond acceptors (Lipinski definition) is 7. The molecule has 3 aromatic rings. The van der Waals surface area contributed by atoms with Gasteiger partial charge in [-0.1, -0.05) is 24.3 Å². The van der Waals surface area contributed by atoms with Crippen LogP contribution in [0.4, 0.5) is 11.4 Å². The minimum atomic E-state index is -0.167. The number of nitrogens with one attached hydrogen (secondary N) is 3. The first-order chi connectivity index (χ1) is 15.0. The highest BCUT2D eigenvalue weighted by Crippen LogP contribution is 2.45. The van der Waals surface area contributed by atoms with Crippen LogP contribution in [0, 0.1) is 0 Å². The molecule has 1 aromatic heterocycles. The van der Waals surface area contributed by atoms with Crippen molar-refractivity contribution in [1.82, 2.24) is 5.32 Å². The maximum absolute atomic E-state index is 13.6. The van der Waals surface area contributed by atoms with Gasteiger partial charge in [0.15, 0.2) is 17.5 Å². The molecule has 1 aliphatic rings. The van der Waals surface area contributed by atoms with Crippen LogP contribution >= 0.6 is 23.7 Å². The molecule has 0 atom stereocenters. The van der Waals surface area contributed by atoms with E-state index in [4.69, 9.17) is 11.5 Å². The van der Waals surface area contributed by atoms with E-state index >= 15 is 0 Å². The molecule has 0 radical (unpaired) electrons. The number of hydrogen-bond donors (Lipinski definition) is 5. The van der Waals surface area contributed by atoms with E-state index < -0.39 is 0 Å². The minimum absolute atomic E-state index is 0. The number of likely N-dealkylation sites (N-methyl/N-ethyl adjacent to an activating group) is 1. The fourth-order valence-corrected chi connectivity index (χ4v) is 4.76. The number of nitrogens with zero attached hydrogens (tertiary/aromatic N) is 1. The van der Waals surface area contributed by atoms with Crippen LogP contribution in [0.2, 0.25) is 0 Å². The third kappa shape index (κ3) is 4.14. The molecule has 0 unspecified atom stereocenters. The van der Waals surface area contributed by atoms with E-state index in [1.807, 2.05) is 18.5 Å². The lowest BCUT2D eigenvalue weighted by molar-refractivity contribution is 0.0980. The Morgan fingerprint density at radius 1 is 0.938 bits per heavy atom. The fourth-order valence-electron chi connectivity index (χ4n) is 3.83. The molecule has 8 nitrogen and oxygen atoms in total. The maximum Gasteiger partial charge on any atom is 0.196 e. The average Bonchev–Trinajstić information content (AvgIpc) is 3.25. The molecule has 1 heterocycles. The minimum Gasteiger partial charge on any atom is -0.382 e. The van der Waals surface area contributed by atoms with E-state index in [1.54, 1.807) is 24.3 Å². The van der Waals surface area contributed by atoms with E-state index in [9.17, 15) is 9.59 Å². The molecule has 7 N–H and O–H groups in total. The van der Waals surface area contributed by atoms with E-state index in [-0.39, 0.29) is 29.9 Å². The molecule has 0 amide bonds. The number of nitrogens with two attached hydrogens (primary N) is 2. The maximum atomic E-state index is 13.6. The summed E-state index contributed by atoms with van der Waals surface area (Å²) in [5.41, 5.74) is 13.8. The number of guanidine groups is 1. The lowest BCUT2D eigenvalue weighted by Gasteiger charge is -2.25. The van der Waals surface area contributed by atoms with Crippen molar-refractivity contribution in [2.24, 2.45) is 16.5 Å². The molecule has 0 aliphatic heterocycles. The summed E-state index contributed by atoms with van der Waals surface area (Å²) in [6.45, 7) is 2.11. The highest BCUT2D eigenvalue weighted by molar-refractivity contribution is 7.18. The van der Waals surface area contributed by atoms with Gasteiger partial charge < -0.3 is 27.4 Å². The Bertz CT molecular complexity index is 1200. The predicted octanol–water partition coefficient (Wildman–Crippen LogP) is 2.42. The first kappa shape index (κ1) is 23.5. The molecular formula is C22H25ClN6O2S. The number of halogens is 1. The van der Waals surface area contributed by atoms with Crippen molar-refractivity contribution in [2.75, 3.05) is 43.9 Å². The summed E-state index contributed by atoms with van der Waals surface area (Å²) >= 11 is 1.53. The van der Waals surface area contributed by atoms with Gasteiger partial charge in [-0.3, -0.25) is 14.6 Å². The van der Waals surface area contributed by atoms with Gasteiger partial charge in [0, 0.05) is 36.1 Å². The number of carbonyl (C=O) groups is 2. The fraction of sp³-hybridized carbons (Fsp3) is 0.227. The van der Waals surface area contributed by atoms with Crippen LogP contribution in [0.15, 0.2) is 40.7 Å². The van der Waals surface area contributed by atoms with E-state index in [0.717, 1.165) is 16.6 Å². The number of thiophene rings is 1. The number of benzene rings is 2. The molecular weight excluding hydrogens is 448 g/mol. The van der Waals surface area contributed by atoms with Crippen molar-refractivity contribution in [3.8, 4) is 0 Å². The van der Waals surface area contributed by atoms with Crippen LogP contribution in [0.5, 0.6) is 0 Å². The predicted molar refractivity (Wildman–Crippen MR) is 134 cm³/mol. The van der Waals surface area contributed by atoms with Crippen molar-refractivity contribution in [3.63, 3.8) is 0 Å². The van der Waals surface area contributed by atoms with Crippen molar-refractivity contribution in [3.05, 3.63) is 58.0 Å². The lowest BCUT2D eigenvalue weighted by Crippen LogP contribution is -2.26. The second-order valence-electron chi connectivity index (χ2n) is 7.13. The van der Waals surface area contributed by atoms with Crippen molar-refractivity contribution in [2.45, 2.75) is 0 Å². The second-order valence-corrected chi connectivity index (χ2v) is 8.05. The molecule has 0 fully saturated rings. The topological polar surface area (TPSA) is 135 Å². The largest absolute Gasteiger partial charge is 0.382 e. The van der Waals surface area contributed by atoms with Crippen LogP contribution < -0.4 is 27.4 Å². The van der Waals surface area contributed by atoms with Crippen molar-refractivity contribution < 1.29 is 9.59 Å². The Morgan fingerprint density at radius 2 is 1.56 bits per heavy atom. The Morgan fingerprint density at radius 3 is 2.19 bits per heavy atom. The summed E-state index contributed by atoms with van der Waals surface area (Å²) in [7, 11) is 1.87. The molecule has 10 heteroatoms. The summed E-state index contributed by atoms with van der Waals surface area (Å²) in [6, 6.07) is 8.93. The number of aliphatic imine (C=N–C) groups is 1. The summed E-state index contributed by atoms with van der Waals surface area (Å²) in [5.74, 6) is -0.312. The van der Waals surface area contributed by atoms with Crippen LogP contribution in [0.25, 0.3) is 10.1 Å². The molecule has 32 heavy (non-hydrogen) atoms. The third-order valence-corrected chi connectivity index (χ3v) is 6.10. The Labute approximate surface area is 195 Å². The summed E-state index contributed by atoms with van der Waals surface area (Å²) in [4.78, 5) is 31.1. The van der Waals surface area contributed by atoms with Gasteiger partial charge in [-0.15, -0.1) is 23.7 Å². The van der Waals surface area contributed by atoms with Crippen molar-refractivity contribution in [1.29, 1.82) is 0 Å². The van der Waals surface area contributed by atoms with Crippen LogP contribution in [-0.2, 0) is 0 Å². The van der Waals surface area contributed by atoms with Gasteiger partial charge in [-0.2, -0.15) is 0 Å². The Kier molecular flexibility index (Phi) is 7.34. The van der Waals surface area contributed by atoms with Crippen molar-refractivity contribution >= 4 is 62.7 Å². The Hall–Kier alpha value is -3.14. The number of fused-ring (bicyclic) bond motifs is 3. The normalized spacial score (nSPS) is 12.0. The third-order valence-electron chi connectivity index (χ3n) is 5.17. The standard InChI is InChI=1S/C22H24N6O2S.ClH/c1-25-7-8-27-18-16-15(19(29)12-4-2-3-5-13(12)20(16)30)17(14-6-11-31-21(14)18)26-9-10-28-22(23)24;/h2-6,11,25-27H,7-10H2,1H3,(H4,23,24,28);1H. The molecule has 0 bridgehead atoms. The van der Waals surface area contributed by atoms with E-state index in [2.05, 4.69) is 20.9 Å². The highest BCUT2D eigenvalue weighted by atomic mass is 35.5. The van der Waals surface area contributed by atoms with Crippen LogP contribution in [0.3, 0.4) is 0 Å². The Balaban J connectivity index is 0.00000289. The van der Waals surface area contributed by atoms with Gasteiger partial charge in [0.2, 0.25) is 0 Å². The smallest absolute Gasteiger partial charge is 0.196 e. The van der Waals surface area contributed by atoms with Gasteiger partial charge in [-0.05, 0) is 18.5 Å². The molecule has 0 spiro atoms. The van der Waals surface area contributed by atoms with Gasteiger partial charge in [0.25, 0.3) is 0 Å². The zero-order valence-corrected chi connectivity index (χ0v) is 19.2. The van der Waals surface area contributed by atoms with Gasteiger partial charge in [0.1, 0.15) is 0 Å². The second kappa shape index (κ2) is 9.99. The van der Waals surface area contributed by atoms with Gasteiger partial charge in [-0.25, -0.2) is 0 Å². The lowest BCUT2D eigenvalue weighted by atomic mass is 9.81. The monoisotopic (exact) mass is 472 g/mol. The number of anilines is 2. The number of ketones is 2. The molecule has 0 saturated carbocycles. The summed E-state index contributed by atoms with van der Waals surface area (Å²) < 4.78 is 0.930. The quantitative estimate of drug-likeness (QED) is 0.115. The SMILES string of the molecule is CNCCNc1c2c(c(NCCN=C(N)N)c3ccsc13)C(=O)c1ccccc1C2=O.Cl. The average molecular weight is 473 g/mol. The first-order valence-electron chi connectivity index (χ1n) is 9.98. The molecule has 168 valence electrons.